The van der Waals surface area contributed by atoms with Crippen molar-refractivity contribution in [3.05, 3.63) is 56.7 Å². The van der Waals surface area contributed by atoms with Gasteiger partial charge in [0.2, 0.25) is 23.6 Å². The Hall–Kier alpha value is -2.72. The summed E-state index contributed by atoms with van der Waals surface area (Å²) >= 11 is 4.90. The number of halogens is 1. The molecule has 1 aromatic carbocycles. The molecule has 1 aromatic heterocycles. The van der Waals surface area contributed by atoms with Crippen LogP contribution in [0, 0.1) is 0 Å². The summed E-state index contributed by atoms with van der Waals surface area (Å²) in [4.78, 5) is 49.0. The molecule has 10 heteroatoms. The first-order chi connectivity index (χ1) is 14.7. The van der Waals surface area contributed by atoms with Gasteiger partial charge in [-0.1, -0.05) is 34.1 Å². The van der Waals surface area contributed by atoms with Crippen molar-refractivity contribution in [1.82, 2.24) is 10.6 Å². The molecule has 0 saturated carbocycles. The predicted molar refractivity (Wildman–Crippen MR) is 122 cm³/mol. The van der Waals surface area contributed by atoms with Gasteiger partial charge in [0.05, 0.1) is 0 Å². The Morgan fingerprint density at radius 2 is 1.68 bits per heavy atom. The van der Waals surface area contributed by atoms with Crippen LogP contribution < -0.4 is 22.1 Å². The highest BCUT2D eigenvalue weighted by molar-refractivity contribution is 9.10. The Balaban J connectivity index is 2.06. The number of hydrogen-bond acceptors (Lipinski definition) is 5. The van der Waals surface area contributed by atoms with E-state index in [1.54, 1.807) is 11.3 Å². The molecule has 0 saturated heterocycles. The van der Waals surface area contributed by atoms with Gasteiger partial charge in [0.1, 0.15) is 12.1 Å². The molecular formula is C21H25BrN4O4S. The van der Waals surface area contributed by atoms with Crippen molar-refractivity contribution >= 4 is 50.9 Å². The number of nitrogens with one attached hydrogen (secondary N) is 2. The van der Waals surface area contributed by atoms with E-state index < -0.39 is 35.7 Å². The Morgan fingerprint density at radius 3 is 2.26 bits per heavy atom. The SMILES string of the molecule is NC(=O)CCC(=O)N[C@H](CCc1cccs1)C(=O)N[C@@H](Cc1ccc(Br)cc1)C(N)=O. The second kappa shape index (κ2) is 12.2. The minimum atomic E-state index is -0.930. The van der Waals surface area contributed by atoms with E-state index in [9.17, 15) is 19.2 Å². The molecule has 4 amide bonds. The largest absolute Gasteiger partial charge is 0.370 e. The molecule has 2 atom stereocenters. The Labute approximate surface area is 192 Å². The fourth-order valence-electron chi connectivity index (χ4n) is 2.86. The first-order valence-corrected chi connectivity index (χ1v) is 11.4. The van der Waals surface area contributed by atoms with E-state index in [1.807, 2.05) is 41.8 Å². The maximum atomic E-state index is 12.9. The number of amides is 4. The van der Waals surface area contributed by atoms with Crippen molar-refractivity contribution in [3.63, 3.8) is 0 Å². The molecule has 0 unspecified atom stereocenters. The van der Waals surface area contributed by atoms with E-state index in [4.69, 9.17) is 11.5 Å². The summed E-state index contributed by atoms with van der Waals surface area (Å²) in [5.74, 6) is -2.25. The van der Waals surface area contributed by atoms with E-state index in [0.717, 1.165) is 14.9 Å². The maximum absolute atomic E-state index is 12.9. The summed E-state index contributed by atoms with van der Waals surface area (Å²) < 4.78 is 0.892. The van der Waals surface area contributed by atoms with E-state index in [1.165, 1.54) is 0 Å². The number of rotatable bonds is 12. The van der Waals surface area contributed by atoms with Crippen LogP contribution in [0.4, 0.5) is 0 Å². The molecule has 1 heterocycles. The van der Waals surface area contributed by atoms with Crippen LogP contribution in [0.5, 0.6) is 0 Å². The van der Waals surface area contributed by atoms with Crippen LogP contribution in [0.25, 0.3) is 0 Å². The molecule has 166 valence electrons. The highest BCUT2D eigenvalue weighted by Gasteiger charge is 2.26. The van der Waals surface area contributed by atoms with Crippen molar-refractivity contribution in [3.8, 4) is 0 Å². The van der Waals surface area contributed by atoms with Gasteiger partial charge >= 0.3 is 0 Å². The second-order valence-electron chi connectivity index (χ2n) is 7.00. The zero-order valence-corrected chi connectivity index (χ0v) is 19.2. The molecule has 0 aliphatic rings. The van der Waals surface area contributed by atoms with Crippen LogP contribution in [0.1, 0.15) is 29.7 Å². The molecule has 0 aliphatic carbocycles. The molecule has 31 heavy (non-hydrogen) atoms. The van der Waals surface area contributed by atoms with Crippen molar-refractivity contribution in [1.29, 1.82) is 0 Å². The van der Waals surface area contributed by atoms with Gasteiger partial charge < -0.3 is 22.1 Å². The van der Waals surface area contributed by atoms with Crippen LogP contribution in [0.2, 0.25) is 0 Å². The fraction of sp³-hybridized carbons (Fsp3) is 0.333. The fourth-order valence-corrected chi connectivity index (χ4v) is 3.85. The first kappa shape index (κ1) is 24.5. The summed E-state index contributed by atoms with van der Waals surface area (Å²) in [5.41, 5.74) is 11.4. The predicted octanol–water partition coefficient (Wildman–Crippen LogP) is 1.41. The topological polar surface area (TPSA) is 144 Å². The summed E-state index contributed by atoms with van der Waals surface area (Å²) in [6, 6.07) is 9.35. The minimum Gasteiger partial charge on any atom is -0.370 e. The molecule has 2 rings (SSSR count). The van der Waals surface area contributed by atoms with E-state index >= 15 is 0 Å². The summed E-state index contributed by atoms with van der Waals surface area (Å²) in [5, 5.41) is 7.22. The average molecular weight is 509 g/mol. The Morgan fingerprint density at radius 1 is 0.968 bits per heavy atom. The molecular weight excluding hydrogens is 484 g/mol. The normalized spacial score (nSPS) is 12.5. The molecule has 0 fully saturated rings. The van der Waals surface area contributed by atoms with Crippen molar-refractivity contribution in [2.45, 2.75) is 44.2 Å². The monoisotopic (exact) mass is 508 g/mol. The smallest absolute Gasteiger partial charge is 0.243 e. The van der Waals surface area contributed by atoms with Gasteiger partial charge in [-0.2, -0.15) is 0 Å². The van der Waals surface area contributed by atoms with Gasteiger partial charge in [0.25, 0.3) is 0 Å². The first-order valence-electron chi connectivity index (χ1n) is 9.68. The zero-order chi connectivity index (χ0) is 22.8. The van der Waals surface area contributed by atoms with Crippen molar-refractivity contribution < 1.29 is 19.2 Å². The standard InChI is InChI=1S/C21H25BrN4O4S/c22-14-5-3-13(4-6-14)12-17(20(24)29)26-21(30)16(8-7-15-2-1-11-31-15)25-19(28)10-9-18(23)27/h1-6,11,16-17H,7-10,12H2,(H2,23,27)(H2,24,29)(H,25,28)(H,26,30)/t16-,17+/m1/s1. The summed E-state index contributed by atoms with van der Waals surface area (Å²) in [6.07, 6.45) is 0.897. The molecule has 2 aromatic rings. The summed E-state index contributed by atoms with van der Waals surface area (Å²) in [6.45, 7) is 0. The number of primary amides is 2. The molecule has 0 spiro atoms. The Kier molecular flexibility index (Phi) is 9.67. The third-order valence-electron chi connectivity index (χ3n) is 4.52. The van der Waals surface area contributed by atoms with Crippen LogP contribution in [0.15, 0.2) is 46.3 Å². The lowest BCUT2D eigenvalue weighted by Crippen LogP contribution is -2.53. The molecule has 6 N–H and O–H groups in total. The number of thiophene rings is 1. The molecule has 0 radical (unpaired) electrons. The highest BCUT2D eigenvalue weighted by Crippen LogP contribution is 2.14. The number of carbonyl (C=O) groups excluding carboxylic acids is 4. The van der Waals surface area contributed by atoms with E-state index in [0.29, 0.717) is 12.8 Å². The Bertz CT molecular complexity index is 903. The third kappa shape index (κ3) is 8.89. The number of aryl methyl sites for hydroxylation is 1. The lowest BCUT2D eigenvalue weighted by molar-refractivity contribution is -0.132. The van der Waals surface area contributed by atoms with Gasteiger partial charge in [0.15, 0.2) is 0 Å². The van der Waals surface area contributed by atoms with Gasteiger partial charge in [-0.05, 0) is 42.0 Å². The van der Waals surface area contributed by atoms with E-state index in [-0.39, 0.29) is 19.3 Å². The van der Waals surface area contributed by atoms with Gasteiger partial charge in [0, 0.05) is 28.6 Å². The van der Waals surface area contributed by atoms with Crippen LogP contribution in [0.3, 0.4) is 0 Å². The van der Waals surface area contributed by atoms with Gasteiger partial charge in [-0.15, -0.1) is 11.3 Å². The van der Waals surface area contributed by atoms with Gasteiger partial charge in [-0.3, -0.25) is 19.2 Å². The number of hydrogen-bond donors (Lipinski definition) is 4. The molecule has 0 aliphatic heterocycles. The summed E-state index contributed by atoms with van der Waals surface area (Å²) in [7, 11) is 0. The van der Waals surface area contributed by atoms with Crippen LogP contribution >= 0.6 is 27.3 Å². The van der Waals surface area contributed by atoms with Crippen molar-refractivity contribution in [2.75, 3.05) is 0 Å². The number of benzene rings is 1. The quantitative estimate of drug-likeness (QED) is 0.343. The van der Waals surface area contributed by atoms with Crippen molar-refractivity contribution in [2.24, 2.45) is 11.5 Å². The highest BCUT2D eigenvalue weighted by atomic mass is 79.9. The third-order valence-corrected chi connectivity index (χ3v) is 5.99. The number of carbonyl (C=O) groups is 4. The van der Waals surface area contributed by atoms with Gasteiger partial charge in [-0.25, -0.2) is 0 Å². The zero-order valence-electron chi connectivity index (χ0n) is 16.8. The maximum Gasteiger partial charge on any atom is 0.243 e. The lowest BCUT2D eigenvalue weighted by Gasteiger charge is -2.22. The number of nitrogens with two attached hydrogens (primary N) is 2. The molecule has 8 nitrogen and oxygen atoms in total. The average Bonchev–Trinajstić information content (AvgIpc) is 3.24. The lowest BCUT2D eigenvalue weighted by atomic mass is 10.0. The minimum absolute atomic E-state index is 0.113. The second-order valence-corrected chi connectivity index (χ2v) is 8.95. The van der Waals surface area contributed by atoms with E-state index in [2.05, 4.69) is 26.6 Å². The molecule has 0 bridgehead atoms. The van der Waals surface area contributed by atoms with Crippen LogP contribution in [-0.2, 0) is 32.0 Å². The van der Waals surface area contributed by atoms with Crippen LogP contribution in [-0.4, -0.2) is 35.7 Å².